The summed E-state index contributed by atoms with van der Waals surface area (Å²) in [5.74, 6) is -0.312. The molecule has 11 heteroatoms. The van der Waals surface area contributed by atoms with E-state index in [0.29, 0.717) is 39.7 Å². The molecule has 1 aliphatic rings. The second kappa shape index (κ2) is 8.69. The number of pyridine rings is 1. The topological polar surface area (TPSA) is 86.3 Å². The van der Waals surface area contributed by atoms with Gasteiger partial charge in [0.1, 0.15) is 24.0 Å². The average Bonchev–Trinajstić information content (AvgIpc) is 3.51. The standard InChI is InChI=1S/C28H21F4N5O2/c1-36(27(38)15-4-8-22-19(9-15)25-20(26(33)35-22)12-34-37(25)2)23-13-39-24-10-14(3-6-17(23)24)18-11-16(28(30,31)32)5-7-21(18)29/h3-12,23H,13H2,1-2H3,(H2,33,35)/t23-/m1/s1. The first kappa shape index (κ1) is 24.7. The molecule has 2 aromatic heterocycles. The number of likely N-dealkylation sites (N-methyl/N-ethyl adjacent to an activating group) is 1. The predicted octanol–water partition coefficient (Wildman–Crippen LogP) is 5.73. The number of nitrogen functional groups attached to an aromatic ring is 1. The van der Waals surface area contributed by atoms with Gasteiger partial charge >= 0.3 is 6.18 Å². The van der Waals surface area contributed by atoms with E-state index in [0.717, 1.165) is 23.0 Å². The van der Waals surface area contributed by atoms with Crippen molar-refractivity contribution in [1.29, 1.82) is 0 Å². The molecule has 3 aromatic carbocycles. The van der Waals surface area contributed by atoms with Gasteiger partial charge in [0.15, 0.2) is 0 Å². The van der Waals surface area contributed by atoms with Crippen molar-refractivity contribution in [2.45, 2.75) is 12.2 Å². The first-order valence-corrected chi connectivity index (χ1v) is 11.9. The van der Waals surface area contributed by atoms with E-state index >= 15 is 0 Å². The van der Waals surface area contributed by atoms with E-state index in [-0.39, 0.29) is 23.6 Å². The van der Waals surface area contributed by atoms with Crippen LogP contribution < -0.4 is 10.5 Å². The summed E-state index contributed by atoms with van der Waals surface area (Å²) in [5.41, 5.74) is 7.68. The van der Waals surface area contributed by atoms with E-state index in [1.165, 1.54) is 12.1 Å². The van der Waals surface area contributed by atoms with Crippen molar-refractivity contribution < 1.29 is 27.1 Å². The van der Waals surface area contributed by atoms with Gasteiger partial charge in [0.05, 0.1) is 34.2 Å². The number of benzene rings is 3. The smallest absolute Gasteiger partial charge is 0.416 e. The lowest BCUT2D eigenvalue weighted by Gasteiger charge is -2.24. The number of nitrogens with zero attached hydrogens (tertiary/aromatic N) is 4. The fourth-order valence-electron chi connectivity index (χ4n) is 5.04. The Labute approximate surface area is 219 Å². The average molecular weight is 536 g/mol. The maximum Gasteiger partial charge on any atom is 0.416 e. The second-order valence-electron chi connectivity index (χ2n) is 9.45. The molecule has 2 N–H and O–H groups in total. The molecule has 7 nitrogen and oxygen atoms in total. The van der Waals surface area contributed by atoms with Crippen molar-refractivity contribution in [3.63, 3.8) is 0 Å². The number of carbonyl (C=O) groups is 1. The van der Waals surface area contributed by atoms with Gasteiger partial charge in [0, 0.05) is 36.2 Å². The van der Waals surface area contributed by atoms with E-state index in [9.17, 15) is 22.4 Å². The fourth-order valence-corrected chi connectivity index (χ4v) is 5.04. The molecule has 0 fully saturated rings. The van der Waals surface area contributed by atoms with E-state index in [1.54, 1.807) is 54.1 Å². The van der Waals surface area contributed by atoms with Crippen molar-refractivity contribution in [1.82, 2.24) is 19.7 Å². The predicted molar refractivity (Wildman–Crippen MR) is 138 cm³/mol. The summed E-state index contributed by atoms with van der Waals surface area (Å²) >= 11 is 0. The zero-order valence-electron chi connectivity index (χ0n) is 20.8. The highest BCUT2D eigenvalue weighted by atomic mass is 19.4. The Morgan fingerprint density at radius 1 is 1.10 bits per heavy atom. The van der Waals surface area contributed by atoms with E-state index < -0.39 is 23.6 Å². The number of nitrogens with two attached hydrogens (primary N) is 1. The van der Waals surface area contributed by atoms with Crippen molar-refractivity contribution in [3.8, 4) is 16.9 Å². The van der Waals surface area contributed by atoms with Gasteiger partial charge in [-0.05, 0) is 48.0 Å². The number of alkyl halides is 3. The number of aromatic nitrogens is 3. The number of hydrogen-bond acceptors (Lipinski definition) is 5. The lowest BCUT2D eigenvalue weighted by molar-refractivity contribution is -0.137. The Kier molecular flexibility index (Phi) is 5.49. The monoisotopic (exact) mass is 535 g/mol. The molecular formula is C28H21F4N5O2. The highest BCUT2D eigenvalue weighted by Crippen LogP contribution is 2.41. The van der Waals surface area contributed by atoms with E-state index in [2.05, 4.69) is 10.1 Å². The van der Waals surface area contributed by atoms with Crippen LogP contribution in [0, 0.1) is 5.82 Å². The van der Waals surface area contributed by atoms with Gasteiger partial charge in [0.2, 0.25) is 0 Å². The number of anilines is 1. The molecule has 1 aliphatic heterocycles. The minimum atomic E-state index is -4.60. The van der Waals surface area contributed by atoms with Gasteiger partial charge in [-0.15, -0.1) is 0 Å². The molecule has 3 heterocycles. The molecule has 198 valence electrons. The molecule has 0 bridgehead atoms. The molecule has 0 saturated carbocycles. The number of aryl methyl sites for hydroxylation is 1. The Morgan fingerprint density at radius 2 is 1.90 bits per heavy atom. The molecule has 1 amide bonds. The zero-order valence-corrected chi connectivity index (χ0v) is 20.8. The third-order valence-corrected chi connectivity index (χ3v) is 7.12. The SMILES string of the molecule is CN(C(=O)c1ccc2nc(N)c3cnn(C)c3c2c1)[C@@H]1COc2cc(-c3cc(C(F)(F)F)ccc3F)ccc21. The van der Waals surface area contributed by atoms with Crippen LogP contribution in [0.1, 0.15) is 27.5 Å². The van der Waals surface area contributed by atoms with Crippen LogP contribution in [-0.2, 0) is 13.2 Å². The Bertz CT molecular complexity index is 1800. The summed E-state index contributed by atoms with van der Waals surface area (Å²) in [6, 6.07) is 11.7. The van der Waals surface area contributed by atoms with Crippen LogP contribution >= 0.6 is 0 Å². The molecule has 6 rings (SSSR count). The highest BCUT2D eigenvalue weighted by Gasteiger charge is 2.33. The minimum Gasteiger partial charge on any atom is -0.491 e. The third-order valence-electron chi connectivity index (χ3n) is 7.12. The van der Waals surface area contributed by atoms with Gasteiger partial charge in [-0.1, -0.05) is 12.1 Å². The van der Waals surface area contributed by atoms with Gasteiger partial charge in [0.25, 0.3) is 5.91 Å². The summed E-state index contributed by atoms with van der Waals surface area (Å²) in [5, 5.41) is 5.68. The van der Waals surface area contributed by atoms with Crippen LogP contribution in [0.4, 0.5) is 23.4 Å². The number of amides is 1. The van der Waals surface area contributed by atoms with Crippen molar-refractivity contribution in [2.24, 2.45) is 7.05 Å². The van der Waals surface area contributed by atoms with Crippen molar-refractivity contribution >= 4 is 33.5 Å². The number of rotatable bonds is 3. The Morgan fingerprint density at radius 3 is 2.67 bits per heavy atom. The normalized spacial score (nSPS) is 15.0. The zero-order chi connectivity index (χ0) is 27.6. The third kappa shape index (κ3) is 4.01. The van der Waals surface area contributed by atoms with Crippen LogP contribution in [0.3, 0.4) is 0 Å². The molecular weight excluding hydrogens is 514 g/mol. The summed E-state index contributed by atoms with van der Waals surface area (Å²) in [4.78, 5) is 19.5. The lowest BCUT2D eigenvalue weighted by Crippen LogP contribution is -2.32. The van der Waals surface area contributed by atoms with Gasteiger partial charge < -0.3 is 15.4 Å². The molecule has 0 unspecified atom stereocenters. The first-order valence-electron chi connectivity index (χ1n) is 11.9. The number of hydrogen-bond donors (Lipinski definition) is 1. The largest absolute Gasteiger partial charge is 0.491 e. The van der Waals surface area contributed by atoms with Crippen LogP contribution in [0.2, 0.25) is 0 Å². The van der Waals surface area contributed by atoms with Gasteiger partial charge in [-0.3, -0.25) is 9.48 Å². The second-order valence-corrected chi connectivity index (χ2v) is 9.45. The molecule has 1 atom stereocenters. The lowest BCUT2D eigenvalue weighted by atomic mass is 9.98. The van der Waals surface area contributed by atoms with Crippen LogP contribution in [-0.4, -0.2) is 39.2 Å². The molecule has 0 saturated heterocycles. The highest BCUT2D eigenvalue weighted by molar-refractivity contribution is 6.10. The number of halogens is 4. The van der Waals surface area contributed by atoms with Gasteiger partial charge in [-0.25, -0.2) is 9.37 Å². The van der Waals surface area contributed by atoms with Crippen molar-refractivity contribution in [2.75, 3.05) is 19.4 Å². The summed E-state index contributed by atoms with van der Waals surface area (Å²) in [6.45, 7) is 0.143. The maximum absolute atomic E-state index is 14.5. The molecule has 0 spiro atoms. The fraction of sp³-hybridized carbons (Fsp3) is 0.179. The molecule has 0 radical (unpaired) electrons. The van der Waals surface area contributed by atoms with E-state index in [4.69, 9.17) is 10.5 Å². The van der Waals surface area contributed by atoms with Crippen molar-refractivity contribution in [3.05, 3.63) is 83.3 Å². The van der Waals surface area contributed by atoms with Crippen LogP contribution in [0.15, 0.2) is 60.8 Å². The number of carbonyl (C=O) groups excluding carboxylic acids is 1. The Hall–Kier alpha value is -4.67. The first-order chi connectivity index (χ1) is 18.5. The quantitative estimate of drug-likeness (QED) is 0.298. The van der Waals surface area contributed by atoms with Gasteiger partial charge in [-0.2, -0.15) is 18.3 Å². The maximum atomic E-state index is 14.5. The molecule has 39 heavy (non-hydrogen) atoms. The van der Waals surface area contributed by atoms with Crippen LogP contribution in [0.5, 0.6) is 5.75 Å². The summed E-state index contributed by atoms with van der Waals surface area (Å²) in [7, 11) is 3.44. The molecule has 5 aromatic rings. The summed E-state index contributed by atoms with van der Waals surface area (Å²) < 4.78 is 61.5. The Balaban J connectivity index is 1.32. The van der Waals surface area contributed by atoms with Crippen LogP contribution in [0.25, 0.3) is 32.9 Å². The summed E-state index contributed by atoms with van der Waals surface area (Å²) in [6.07, 6.45) is -2.97. The minimum absolute atomic E-state index is 0.143. The van der Waals surface area contributed by atoms with E-state index in [1.807, 2.05) is 0 Å². The number of ether oxygens (including phenoxy) is 1. The molecule has 0 aliphatic carbocycles. The number of fused-ring (bicyclic) bond motifs is 4.